The van der Waals surface area contributed by atoms with Crippen LogP contribution in [0.15, 0.2) is 28.2 Å². The second-order valence-corrected chi connectivity index (χ2v) is 8.60. The Morgan fingerprint density at radius 1 is 1.36 bits per heavy atom. The Balaban J connectivity index is 1.42. The van der Waals surface area contributed by atoms with Crippen LogP contribution in [0.25, 0.3) is 10.2 Å². The third-order valence-electron chi connectivity index (χ3n) is 3.69. The van der Waals surface area contributed by atoms with E-state index in [-0.39, 0.29) is 17.2 Å². The zero-order valence-electron chi connectivity index (χ0n) is 13.3. The summed E-state index contributed by atoms with van der Waals surface area (Å²) in [6, 6.07) is 6.00. The van der Waals surface area contributed by atoms with E-state index in [1.165, 1.54) is 23.1 Å². The summed E-state index contributed by atoms with van der Waals surface area (Å²) in [7, 11) is 0. The highest BCUT2D eigenvalue weighted by Crippen LogP contribution is 2.28. The van der Waals surface area contributed by atoms with Crippen LogP contribution in [0.2, 0.25) is 0 Å². The van der Waals surface area contributed by atoms with E-state index in [9.17, 15) is 9.59 Å². The van der Waals surface area contributed by atoms with Gasteiger partial charge in [-0.15, -0.1) is 0 Å². The lowest BCUT2D eigenvalue weighted by molar-refractivity contribution is -0.113. The van der Waals surface area contributed by atoms with E-state index < -0.39 is 0 Å². The number of aromatic amines is 1. The van der Waals surface area contributed by atoms with Crippen LogP contribution >= 0.6 is 34.9 Å². The Bertz CT molecular complexity index is 1030. The lowest BCUT2D eigenvalue weighted by atomic mass is 10.2. The summed E-state index contributed by atoms with van der Waals surface area (Å²) in [5.74, 6) is 1.46. The summed E-state index contributed by atoms with van der Waals surface area (Å²) >= 11 is 4.35. The van der Waals surface area contributed by atoms with Crippen LogP contribution in [-0.2, 0) is 16.3 Å². The van der Waals surface area contributed by atoms with Crippen molar-refractivity contribution >= 4 is 56.1 Å². The molecule has 0 saturated carbocycles. The van der Waals surface area contributed by atoms with Crippen LogP contribution in [0.5, 0.6) is 0 Å². The summed E-state index contributed by atoms with van der Waals surface area (Å²) in [4.78, 5) is 35.7. The smallest absolute Gasteiger partial charge is 0.255 e. The minimum atomic E-state index is -0.168. The molecule has 0 bridgehead atoms. The number of aryl methyl sites for hydroxylation is 1. The molecule has 25 heavy (non-hydrogen) atoms. The van der Waals surface area contributed by atoms with Crippen LogP contribution < -0.4 is 10.9 Å². The Kier molecular flexibility index (Phi) is 4.53. The summed E-state index contributed by atoms with van der Waals surface area (Å²) < 4.78 is 1.05. The van der Waals surface area contributed by atoms with Crippen molar-refractivity contribution in [2.45, 2.75) is 23.6 Å². The van der Waals surface area contributed by atoms with Gasteiger partial charge in [0.1, 0.15) is 0 Å². The number of carbonyl (C=O) groups is 1. The van der Waals surface area contributed by atoms with Crippen molar-refractivity contribution in [3.63, 3.8) is 0 Å². The predicted octanol–water partition coefficient (Wildman–Crippen LogP) is 3.17. The molecule has 128 valence electrons. The Hall–Kier alpha value is -1.84. The molecular formula is C16H14N4O2S3. The van der Waals surface area contributed by atoms with Crippen molar-refractivity contribution < 1.29 is 4.79 Å². The fourth-order valence-electron chi connectivity index (χ4n) is 2.48. The molecule has 9 heteroatoms. The molecule has 0 unspecified atom stereocenters. The van der Waals surface area contributed by atoms with Crippen molar-refractivity contribution in [2.75, 3.05) is 11.1 Å². The lowest BCUT2D eigenvalue weighted by Crippen LogP contribution is -2.17. The maximum atomic E-state index is 12.2. The van der Waals surface area contributed by atoms with E-state index in [0.717, 1.165) is 32.8 Å². The SMILES string of the molecule is Cc1ccc2nc(NC(=O)CSc3nc4c(c(=O)[nH]3)CSC4)sc2c1. The topological polar surface area (TPSA) is 87.7 Å². The minimum absolute atomic E-state index is 0.0977. The molecule has 0 fully saturated rings. The number of nitrogens with one attached hydrogen (secondary N) is 2. The molecule has 1 aliphatic rings. The normalized spacial score (nSPS) is 13.2. The number of fused-ring (bicyclic) bond motifs is 2. The number of hydrogen-bond acceptors (Lipinski definition) is 7. The van der Waals surface area contributed by atoms with Gasteiger partial charge in [-0.1, -0.05) is 29.2 Å². The third-order valence-corrected chi connectivity index (χ3v) is 6.47. The second-order valence-electron chi connectivity index (χ2n) is 5.62. The highest BCUT2D eigenvalue weighted by molar-refractivity contribution is 7.99. The molecule has 0 spiro atoms. The molecule has 3 aromatic rings. The van der Waals surface area contributed by atoms with Gasteiger partial charge in [-0.05, 0) is 24.6 Å². The number of benzene rings is 1. The molecule has 1 aromatic carbocycles. The first-order valence-corrected chi connectivity index (χ1v) is 10.5. The van der Waals surface area contributed by atoms with Gasteiger partial charge < -0.3 is 10.3 Å². The van der Waals surface area contributed by atoms with E-state index in [4.69, 9.17) is 0 Å². The minimum Gasteiger partial charge on any atom is -0.301 e. The van der Waals surface area contributed by atoms with Crippen LogP contribution in [0.1, 0.15) is 16.8 Å². The van der Waals surface area contributed by atoms with Gasteiger partial charge in [-0.2, -0.15) is 11.8 Å². The molecule has 2 N–H and O–H groups in total. The lowest BCUT2D eigenvalue weighted by Gasteiger charge is -2.03. The molecule has 4 rings (SSSR count). The molecule has 0 saturated heterocycles. The van der Waals surface area contributed by atoms with Gasteiger partial charge in [0.05, 0.1) is 21.7 Å². The first-order chi connectivity index (χ1) is 12.1. The van der Waals surface area contributed by atoms with Gasteiger partial charge in [-0.3, -0.25) is 9.59 Å². The number of nitrogens with zero attached hydrogens (tertiary/aromatic N) is 2. The monoisotopic (exact) mass is 390 g/mol. The van der Waals surface area contributed by atoms with Gasteiger partial charge in [-0.25, -0.2) is 9.97 Å². The number of rotatable bonds is 4. The Morgan fingerprint density at radius 3 is 3.12 bits per heavy atom. The highest BCUT2D eigenvalue weighted by Gasteiger charge is 2.18. The van der Waals surface area contributed by atoms with Gasteiger partial charge in [0.15, 0.2) is 10.3 Å². The van der Waals surface area contributed by atoms with Crippen molar-refractivity contribution in [3.05, 3.63) is 45.4 Å². The molecule has 0 radical (unpaired) electrons. The van der Waals surface area contributed by atoms with Crippen LogP contribution in [-0.4, -0.2) is 26.6 Å². The fraction of sp³-hybridized carbons (Fsp3) is 0.250. The van der Waals surface area contributed by atoms with E-state index >= 15 is 0 Å². The van der Waals surface area contributed by atoms with E-state index in [0.29, 0.717) is 16.0 Å². The van der Waals surface area contributed by atoms with Gasteiger partial charge in [0.2, 0.25) is 5.91 Å². The summed E-state index contributed by atoms with van der Waals surface area (Å²) in [5, 5.41) is 3.88. The first-order valence-electron chi connectivity index (χ1n) is 7.58. The highest BCUT2D eigenvalue weighted by atomic mass is 32.2. The molecule has 1 amide bonds. The molecule has 3 heterocycles. The van der Waals surface area contributed by atoms with Crippen molar-refractivity contribution in [1.29, 1.82) is 0 Å². The van der Waals surface area contributed by atoms with Crippen molar-refractivity contribution in [1.82, 2.24) is 15.0 Å². The number of thiazole rings is 1. The van der Waals surface area contributed by atoms with Crippen LogP contribution in [0.3, 0.4) is 0 Å². The van der Waals surface area contributed by atoms with E-state index in [1.807, 2.05) is 19.1 Å². The average Bonchev–Trinajstić information content (AvgIpc) is 3.19. The van der Waals surface area contributed by atoms with Gasteiger partial charge in [0.25, 0.3) is 5.56 Å². The van der Waals surface area contributed by atoms with E-state index in [1.54, 1.807) is 11.8 Å². The average molecular weight is 391 g/mol. The molecule has 6 nitrogen and oxygen atoms in total. The van der Waals surface area contributed by atoms with Gasteiger partial charge in [0, 0.05) is 17.1 Å². The molecule has 0 aliphatic carbocycles. The fourth-order valence-corrected chi connectivity index (χ4v) is 5.18. The standard InChI is InChI=1S/C16H14N4O2S3/c1-8-2-3-10-12(4-8)25-16(17-10)19-13(21)7-24-15-18-11-6-23-5-9(11)14(22)20-15/h2-4H,5-7H2,1H3,(H,17,19,21)(H,18,20,22). The number of aromatic nitrogens is 3. The van der Waals surface area contributed by atoms with Crippen molar-refractivity contribution in [3.8, 4) is 0 Å². The Morgan fingerprint density at radius 2 is 2.24 bits per heavy atom. The number of H-pyrrole nitrogens is 1. The number of hydrogen-bond donors (Lipinski definition) is 2. The zero-order valence-corrected chi connectivity index (χ0v) is 15.7. The number of amides is 1. The third kappa shape index (κ3) is 3.58. The van der Waals surface area contributed by atoms with Gasteiger partial charge >= 0.3 is 0 Å². The van der Waals surface area contributed by atoms with Crippen molar-refractivity contribution in [2.24, 2.45) is 0 Å². The zero-order chi connectivity index (χ0) is 17.4. The molecule has 1 aliphatic heterocycles. The maximum absolute atomic E-state index is 12.2. The summed E-state index contributed by atoms with van der Waals surface area (Å²) in [5.41, 5.74) is 3.52. The number of anilines is 1. The summed E-state index contributed by atoms with van der Waals surface area (Å²) in [6.45, 7) is 2.02. The quantitative estimate of drug-likeness (QED) is 0.526. The number of thioether (sulfide) groups is 2. The van der Waals surface area contributed by atoms with Crippen LogP contribution in [0.4, 0.5) is 5.13 Å². The predicted molar refractivity (Wildman–Crippen MR) is 104 cm³/mol. The van der Waals surface area contributed by atoms with E-state index in [2.05, 4.69) is 26.3 Å². The second kappa shape index (κ2) is 6.81. The molecular weight excluding hydrogens is 376 g/mol. The first kappa shape index (κ1) is 16.6. The largest absolute Gasteiger partial charge is 0.301 e. The molecule has 0 atom stereocenters. The summed E-state index contributed by atoms with van der Waals surface area (Å²) in [6.07, 6.45) is 0. The maximum Gasteiger partial charge on any atom is 0.255 e. The van der Waals surface area contributed by atoms with Crippen LogP contribution in [0, 0.1) is 6.92 Å². The Labute approximate surface area is 155 Å². The number of carbonyl (C=O) groups excluding carboxylic acids is 1. The molecule has 2 aromatic heterocycles.